The van der Waals surface area contributed by atoms with Crippen molar-refractivity contribution in [2.45, 2.75) is 22.9 Å². The first kappa shape index (κ1) is 28.5. The third-order valence-electron chi connectivity index (χ3n) is 5.09. The molecule has 197 valence electrons. The van der Waals surface area contributed by atoms with Crippen LogP contribution in [0.3, 0.4) is 0 Å². The van der Waals surface area contributed by atoms with Gasteiger partial charge in [-0.25, -0.2) is 8.42 Å². The Hall–Kier alpha value is -3.09. The van der Waals surface area contributed by atoms with Crippen LogP contribution in [0.5, 0.6) is 5.75 Å². The van der Waals surface area contributed by atoms with Crippen LogP contribution in [0.1, 0.15) is 11.1 Å². The van der Waals surface area contributed by atoms with E-state index < -0.39 is 19.7 Å². The van der Waals surface area contributed by atoms with Gasteiger partial charge in [0.05, 0.1) is 4.90 Å². The number of nitrogens with one attached hydrogen (secondary N) is 1. The maximum atomic E-state index is 11.4. The van der Waals surface area contributed by atoms with E-state index in [1.807, 2.05) is 24.3 Å². The van der Waals surface area contributed by atoms with Gasteiger partial charge in [0.25, 0.3) is 0 Å². The van der Waals surface area contributed by atoms with Crippen LogP contribution in [0, 0.1) is 0 Å². The molecule has 1 heterocycles. The summed E-state index contributed by atoms with van der Waals surface area (Å²) in [6.07, 6.45) is 5.61. The first-order valence-corrected chi connectivity index (χ1v) is 15.3. The molecule has 1 N–H and O–H groups in total. The molecule has 0 radical (unpaired) electrons. The number of imidazole rings is 1. The Morgan fingerprint density at radius 2 is 1.38 bits per heavy atom. The molecule has 0 bridgehead atoms. The van der Waals surface area contributed by atoms with Gasteiger partial charge in [0.2, 0.25) is 0 Å². The minimum Gasteiger partial charge on any atom is -0.489 e. The van der Waals surface area contributed by atoms with Crippen molar-refractivity contribution in [3.8, 4) is 17.0 Å². The van der Waals surface area contributed by atoms with Crippen LogP contribution in [-0.4, -0.2) is 39.4 Å². The summed E-state index contributed by atoms with van der Waals surface area (Å²) in [7, 11) is -6.25. The molecule has 1 aromatic heterocycles. The Morgan fingerprint density at radius 3 is 1.84 bits per heavy atom. The van der Waals surface area contributed by atoms with Crippen molar-refractivity contribution >= 4 is 24.8 Å². The summed E-state index contributed by atoms with van der Waals surface area (Å²) >= 11 is 3.93. The summed E-state index contributed by atoms with van der Waals surface area (Å²) < 4.78 is 50.8. The number of ether oxygens (including phenoxy) is 1. The van der Waals surface area contributed by atoms with Crippen molar-refractivity contribution in [3.63, 3.8) is 0 Å². The van der Waals surface area contributed by atoms with Crippen LogP contribution in [0.15, 0.2) is 95.1 Å². The summed E-state index contributed by atoms with van der Waals surface area (Å²) in [5, 5.41) is 4.45. The van der Waals surface area contributed by atoms with E-state index in [1.165, 1.54) is 23.9 Å². The van der Waals surface area contributed by atoms with Gasteiger partial charge in [-0.3, -0.25) is 0 Å². The number of rotatable bonds is 9. The fourth-order valence-corrected chi connectivity index (χ4v) is 4.48. The van der Waals surface area contributed by atoms with Crippen molar-refractivity contribution in [1.29, 1.82) is 0 Å². The van der Waals surface area contributed by atoms with E-state index in [-0.39, 0.29) is 0 Å². The van der Waals surface area contributed by atoms with Gasteiger partial charge in [-0.1, -0.05) is 36.8 Å². The van der Waals surface area contributed by atoms with Gasteiger partial charge < -0.3 is 14.7 Å². The first-order chi connectivity index (χ1) is 17.6. The van der Waals surface area contributed by atoms with Crippen LogP contribution in [0.25, 0.3) is 11.3 Å². The van der Waals surface area contributed by atoms with E-state index in [1.54, 1.807) is 54.7 Å². The zero-order valence-electron chi connectivity index (χ0n) is 20.2. The van der Waals surface area contributed by atoms with Crippen molar-refractivity contribution in [2.75, 3.05) is 12.5 Å². The molecule has 0 atom stereocenters. The second kappa shape index (κ2) is 12.9. The molecule has 8 nitrogen and oxygen atoms in total. The van der Waals surface area contributed by atoms with Gasteiger partial charge in [0.1, 0.15) is 12.4 Å². The largest absolute Gasteiger partial charge is 0.489 e. The average molecular weight is 584 g/mol. The molecule has 0 spiro atoms. The van der Waals surface area contributed by atoms with Gasteiger partial charge in [-0.05, 0) is 41.1 Å². The number of hydrogen-bond acceptors (Lipinski definition) is 7. The van der Waals surface area contributed by atoms with Crippen LogP contribution < -0.4 is 15.0 Å². The zero-order chi connectivity index (χ0) is 26.9. The zero-order valence-corrected chi connectivity index (χ0v) is 22.8. The van der Waals surface area contributed by atoms with Gasteiger partial charge >= 0.3 is 91.5 Å². The van der Waals surface area contributed by atoms with Gasteiger partial charge in [-0.2, -0.15) is 0 Å². The Balaban J connectivity index is 0.000000233. The molecule has 4 rings (SSSR count). The molecule has 0 unspecified atom stereocenters. The van der Waals surface area contributed by atoms with Gasteiger partial charge in [0, 0.05) is 6.26 Å². The predicted molar refractivity (Wildman–Crippen MR) is 139 cm³/mol. The van der Waals surface area contributed by atoms with Crippen molar-refractivity contribution < 1.29 is 36.9 Å². The van der Waals surface area contributed by atoms with Crippen LogP contribution in [-0.2, 0) is 48.1 Å². The molecule has 0 aliphatic heterocycles. The van der Waals surface area contributed by atoms with Crippen molar-refractivity contribution in [1.82, 2.24) is 15.3 Å². The topological polar surface area (TPSA) is 117 Å². The molecular formula is C26H26CoN3O5S2-. The number of nitrogens with zero attached hydrogens (tertiary/aromatic N) is 2. The fraction of sp³-hybridized carbons (Fsp3) is 0.154. The number of aromatic nitrogens is 2. The minimum atomic E-state index is -3.16. The molecule has 0 aliphatic carbocycles. The summed E-state index contributed by atoms with van der Waals surface area (Å²) in [6, 6.07) is 21.0. The summed E-state index contributed by atoms with van der Waals surface area (Å²) in [5.41, 5.74) is 3.73. The van der Waals surface area contributed by atoms with Crippen molar-refractivity contribution in [3.05, 3.63) is 96.4 Å². The Kier molecular flexibility index (Phi) is 9.95. The third-order valence-corrected chi connectivity index (χ3v) is 7.56. The summed E-state index contributed by atoms with van der Waals surface area (Å²) in [5.74, 6) is 0.737. The smallest absolute Gasteiger partial charge is 0.175 e. The summed E-state index contributed by atoms with van der Waals surface area (Å²) in [6.45, 7) is 1.02. The molecule has 0 saturated carbocycles. The second-order valence-corrected chi connectivity index (χ2v) is 12.4. The minimum absolute atomic E-state index is 0.307. The van der Waals surface area contributed by atoms with Crippen LogP contribution in [0.2, 0.25) is 0 Å². The molecule has 37 heavy (non-hydrogen) atoms. The van der Waals surface area contributed by atoms with Crippen LogP contribution >= 0.6 is 0 Å². The fourth-order valence-electron chi connectivity index (χ4n) is 3.11. The van der Waals surface area contributed by atoms with E-state index in [2.05, 4.69) is 30.6 Å². The first-order valence-electron chi connectivity index (χ1n) is 10.9. The SMILES string of the molecule is CS(=O)(=O)c1ccc(CN[CH]=[Co])cc1.CS(=O)(=O)c1ccc(COc2ccc(-c3c[n-]cn3)cc2)cc1. The molecule has 11 heteroatoms. The molecule has 4 aromatic rings. The van der Waals surface area contributed by atoms with E-state index in [4.69, 9.17) is 4.74 Å². The van der Waals surface area contributed by atoms with Crippen molar-refractivity contribution in [2.24, 2.45) is 0 Å². The maximum absolute atomic E-state index is 11.4. The molecule has 0 aliphatic rings. The number of sulfone groups is 2. The van der Waals surface area contributed by atoms with E-state index >= 15 is 0 Å². The molecular weight excluding hydrogens is 557 g/mol. The quantitative estimate of drug-likeness (QED) is 0.320. The van der Waals surface area contributed by atoms with E-state index in [9.17, 15) is 16.8 Å². The number of benzene rings is 3. The number of hydrogen-bond donors (Lipinski definition) is 1. The summed E-state index contributed by atoms with van der Waals surface area (Å²) in [4.78, 5) is 8.72. The Bertz CT molecular complexity index is 1500. The molecule has 0 saturated heterocycles. The standard InChI is InChI=1S/C17H15N2O3S.C9H11NO2S.Co/c1-23(20,21)16-8-2-13(3-9-16)11-22-15-6-4-14(5-7-15)17-10-18-12-19-17;1-10-7-8-3-5-9(6-4-8)13(2,11)12;/h2-10,12H,11H2,1H3;1,3-6,10H,7H2,2H3;/q-1;;. The molecule has 0 amide bonds. The maximum Gasteiger partial charge on any atom is 0.175 e. The van der Waals surface area contributed by atoms with Crippen LogP contribution in [0.4, 0.5) is 0 Å². The molecule has 0 fully saturated rings. The molecule has 3 aromatic carbocycles. The average Bonchev–Trinajstić information content (AvgIpc) is 3.42. The van der Waals surface area contributed by atoms with Gasteiger partial charge in [0.15, 0.2) is 9.84 Å². The monoisotopic (exact) mass is 583 g/mol. The second-order valence-electron chi connectivity index (χ2n) is 8.03. The normalized spacial score (nSPS) is 11.3. The van der Waals surface area contributed by atoms with E-state index in [0.29, 0.717) is 22.9 Å². The Morgan fingerprint density at radius 1 is 0.838 bits per heavy atom. The Labute approximate surface area is 225 Å². The van der Waals surface area contributed by atoms with E-state index in [0.717, 1.165) is 28.1 Å². The third kappa shape index (κ3) is 9.06. The van der Waals surface area contributed by atoms with Gasteiger partial charge in [-0.15, -0.1) is 0 Å². The predicted octanol–water partition coefficient (Wildman–Crippen LogP) is 3.17.